The van der Waals surface area contributed by atoms with Crippen molar-refractivity contribution < 1.29 is 19.5 Å². The van der Waals surface area contributed by atoms with E-state index >= 15 is 0 Å². The topological polar surface area (TPSA) is 116 Å². The van der Waals surface area contributed by atoms with Gasteiger partial charge in [0, 0.05) is 31.8 Å². The maximum atomic E-state index is 12.6. The Morgan fingerprint density at radius 3 is 2.53 bits per heavy atom. The minimum absolute atomic E-state index is 0.0684. The number of nitrogens with two attached hydrogens (primary N) is 1. The molecule has 0 spiro atoms. The fraction of sp³-hybridized carbons (Fsp3) is 0.318. The number of hydrazine groups is 1. The highest BCUT2D eigenvalue weighted by atomic mass is 16.4. The third-order valence-corrected chi connectivity index (χ3v) is 5.12. The van der Waals surface area contributed by atoms with E-state index in [0.717, 1.165) is 11.1 Å². The number of hydrogen-bond donors (Lipinski definition) is 3. The molecule has 30 heavy (non-hydrogen) atoms. The van der Waals surface area contributed by atoms with Crippen LogP contribution in [-0.4, -0.2) is 46.3 Å². The molecule has 0 aromatic heterocycles. The number of allylic oxidation sites excluding steroid dienone is 3. The second kappa shape index (κ2) is 8.54. The highest BCUT2D eigenvalue weighted by Crippen LogP contribution is 2.43. The lowest BCUT2D eigenvalue weighted by molar-refractivity contribution is -0.131. The van der Waals surface area contributed by atoms with Crippen LogP contribution in [0.5, 0.6) is 0 Å². The monoisotopic (exact) mass is 410 g/mol. The number of carboxylic acid groups (broad SMARTS) is 1. The molecular weight excluding hydrogens is 384 g/mol. The van der Waals surface area contributed by atoms with Crippen molar-refractivity contribution in [1.29, 1.82) is 0 Å². The predicted octanol–water partition coefficient (Wildman–Crippen LogP) is 2.33. The molecule has 0 bridgehead atoms. The van der Waals surface area contributed by atoms with Gasteiger partial charge in [-0.1, -0.05) is 50.3 Å². The van der Waals surface area contributed by atoms with Crippen molar-refractivity contribution in [2.75, 3.05) is 13.6 Å². The van der Waals surface area contributed by atoms with Crippen molar-refractivity contribution in [3.63, 3.8) is 0 Å². The number of fused-ring (bicyclic) bond motifs is 1. The SMILES string of the molecule is CC(C)CN1C=C2CC(=O)C(C(=O)NN)C=C2C(c2ccccc2)=C1N(C)C(=O)O. The van der Waals surface area contributed by atoms with Crippen LogP contribution in [0.4, 0.5) is 4.79 Å². The number of benzene rings is 1. The Morgan fingerprint density at radius 1 is 1.30 bits per heavy atom. The summed E-state index contributed by atoms with van der Waals surface area (Å²) in [4.78, 5) is 39.8. The molecule has 1 aromatic carbocycles. The number of rotatable bonds is 5. The first kappa shape index (κ1) is 21.3. The largest absolute Gasteiger partial charge is 0.465 e. The van der Waals surface area contributed by atoms with Gasteiger partial charge in [0.1, 0.15) is 11.7 Å². The lowest BCUT2D eigenvalue weighted by atomic mass is 9.78. The van der Waals surface area contributed by atoms with Crippen LogP contribution in [0.1, 0.15) is 25.8 Å². The summed E-state index contributed by atoms with van der Waals surface area (Å²) >= 11 is 0. The van der Waals surface area contributed by atoms with Crippen molar-refractivity contribution in [2.24, 2.45) is 17.7 Å². The maximum absolute atomic E-state index is 12.6. The van der Waals surface area contributed by atoms with E-state index in [0.29, 0.717) is 23.5 Å². The molecule has 1 heterocycles. The van der Waals surface area contributed by atoms with Crippen LogP contribution >= 0.6 is 0 Å². The van der Waals surface area contributed by atoms with Crippen LogP contribution in [0.3, 0.4) is 0 Å². The van der Waals surface area contributed by atoms with Crippen LogP contribution in [0, 0.1) is 11.8 Å². The number of hydrogen-bond acceptors (Lipinski definition) is 5. The van der Waals surface area contributed by atoms with Crippen molar-refractivity contribution in [2.45, 2.75) is 20.3 Å². The zero-order valence-corrected chi connectivity index (χ0v) is 17.3. The van der Waals surface area contributed by atoms with E-state index in [2.05, 4.69) is 0 Å². The number of ketones is 1. The molecule has 1 unspecified atom stereocenters. The summed E-state index contributed by atoms with van der Waals surface area (Å²) in [6.07, 6.45) is 2.37. The van der Waals surface area contributed by atoms with Gasteiger partial charge in [0.2, 0.25) is 5.91 Å². The fourth-order valence-electron chi connectivity index (χ4n) is 3.82. The van der Waals surface area contributed by atoms with Gasteiger partial charge < -0.3 is 10.0 Å². The molecule has 158 valence electrons. The molecule has 8 nitrogen and oxygen atoms in total. The Labute approximate surface area is 175 Å². The van der Waals surface area contributed by atoms with Gasteiger partial charge in [-0.05, 0) is 22.6 Å². The van der Waals surface area contributed by atoms with Gasteiger partial charge in [-0.3, -0.25) is 19.9 Å². The third-order valence-electron chi connectivity index (χ3n) is 5.12. The van der Waals surface area contributed by atoms with Crippen LogP contribution in [0.2, 0.25) is 0 Å². The molecule has 1 aliphatic carbocycles. The van der Waals surface area contributed by atoms with Gasteiger partial charge in [-0.2, -0.15) is 0 Å². The van der Waals surface area contributed by atoms with Crippen LogP contribution in [0.15, 0.2) is 59.6 Å². The second-order valence-corrected chi connectivity index (χ2v) is 7.82. The summed E-state index contributed by atoms with van der Waals surface area (Å²) in [7, 11) is 1.49. The zero-order chi connectivity index (χ0) is 22.0. The summed E-state index contributed by atoms with van der Waals surface area (Å²) in [6.45, 7) is 4.65. The zero-order valence-electron chi connectivity index (χ0n) is 17.3. The average molecular weight is 410 g/mol. The first-order valence-corrected chi connectivity index (χ1v) is 9.74. The average Bonchev–Trinajstić information content (AvgIpc) is 2.71. The Balaban J connectivity index is 2.30. The lowest BCUT2D eigenvalue weighted by Gasteiger charge is -2.39. The molecular formula is C22H26N4O4. The van der Waals surface area contributed by atoms with Crippen molar-refractivity contribution in [3.8, 4) is 0 Å². The minimum atomic E-state index is -1.10. The smallest absolute Gasteiger partial charge is 0.412 e. The van der Waals surface area contributed by atoms with Crippen molar-refractivity contribution in [3.05, 3.63) is 65.1 Å². The van der Waals surface area contributed by atoms with E-state index in [1.54, 1.807) is 6.08 Å². The molecule has 1 aromatic rings. The first-order valence-electron chi connectivity index (χ1n) is 9.74. The minimum Gasteiger partial charge on any atom is -0.465 e. The molecule has 1 aliphatic heterocycles. The summed E-state index contributed by atoms with van der Waals surface area (Å²) in [5, 5.41) is 9.76. The number of nitrogens with zero attached hydrogens (tertiary/aromatic N) is 2. The number of Topliss-reactive ketones (excluding diaryl/α,β-unsaturated/α-hetero) is 1. The molecule has 0 saturated carbocycles. The fourth-order valence-corrected chi connectivity index (χ4v) is 3.82. The predicted molar refractivity (Wildman–Crippen MR) is 112 cm³/mol. The van der Waals surface area contributed by atoms with Gasteiger partial charge in [0.25, 0.3) is 0 Å². The number of carbonyl (C=O) groups excluding carboxylic acids is 2. The van der Waals surface area contributed by atoms with Crippen molar-refractivity contribution in [1.82, 2.24) is 15.2 Å². The summed E-state index contributed by atoms with van der Waals surface area (Å²) in [6, 6.07) is 9.38. The van der Waals surface area contributed by atoms with Crippen LogP contribution in [-0.2, 0) is 9.59 Å². The highest BCUT2D eigenvalue weighted by Gasteiger charge is 2.37. The molecule has 2 aliphatic rings. The lowest BCUT2D eigenvalue weighted by Crippen LogP contribution is -2.42. The van der Waals surface area contributed by atoms with Crippen molar-refractivity contribution >= 4 is 23.4 Å². The molecule has 4 N–H and O–H groups in total. The standard InChI is InChI=1S/C22H26N4O4/c1-13(2)11-26-12-15-9-18(27)17(20(28)24-23)10-16(15)19(14-7-5-4-6-8-14)21(26)25(3)22(29)30/h4-8,10,12-13,17H,9,11,23H2,1-3H3,(H,24,28)(H,29,30). The Hall–Kier alpha value is -3.39. The van der Waals surface area contributed by atoms with E-state index in [4.69, 9.17) is 5.84 Å². The van der Waals surface area contributed by atoms with Gasteiger partial charge in [-0.25, -0.2) is 10.6 Å². The van der Waals surface area contributed by atoms with E-state index in [1.807, 2.05) is 60.7 Å². The molecule has 0 fully saturated rings. The summed E-state index contributed by atoms with van der Waals surface area (Å²) < 4.78 is 0. The molecule has 0 saturated heterocycles. The van der Waals surface area contributed by atoms with E-state index in [9.17, 15) is 19.5 Å². The Bertz CT molecular complexity index is 963. The van der Waals surface area contributed by atoms with E-state index < -0.39 is 17.9 Å². The highest BCUT2D eigenvalue weighted by molar-refractivity contribution is 6.08. The number of nitrogens with one attached hydrogen (secondary N) is 1. The number of amides is 2. The van der Waals surface area contributed by atoms with Gasteiger partial charge >= 0.3 is 6.09 Å². The number of carbonyl (C=O) groups is 3. The van der Waals surface area contributed by atoms with Gasteiger partial charge in [0.05, 0.1) is 0 Å². The quantitative estimate of drug-likeness (QED) is 0.297. The first-order chi connectivity index (χ1) is 14.2. The molecule has 8 heteroatoms. The van der Waals surface area contributed by atoms with Gasteiger partial charge in [0.15, 0.2) is 5.78 Å². The van der Waals surface area contributed by atoms with Gasteiger partial charge in [-0.15, -0.1) is 0 Å². The Morgan fingerprint density at radius 2 is 1.97 bits per heavy atom. The molecule has 3 rings (SSSR count). The summed E-state index contributed by atoms with van der Waals surface area (Å²) in [5.74, 6) is 4.14. The third kappa shape index (κ3) is 3.99. The molecule has 0 radical (unpaired) electrons. The molecule has 1 atom stereocenters. The summed E-state index contributed by atoms with van der Waals surface area (Å²) in [5.41, 5.74) is 4.94. The van der Waals surface area contributed by atoms with Crippen LogP contribution in [0.25, 0.3) is 5.57 Å². The normalized spacial score (nSPS) is 18.6. The molecule has 2 amide bonds. The maximum Gasteiger partial charge on any atom is 0.412 e. The second-order valence-electron chi connectivity index (χ2n) is 7.82. The van der Waals surface area contributed by atoms with E-state index in [1.165, 1.54) is 11.9 Å². The Kier molecular flexibility index (Phi) is 6.07. The van der Waals surface area contributed by atoms with Crippen LogP contribution < -0.4 is 11.3 Å². The van der Waals surface area contributed by atoms with E-state index in [-0.39, 0.29) is 18.1 Å².